The zero-order valence-electron chi connectivity index (χ0n) is 20.2. The molecule has 11 nitrogen and oxygen atoms in total. The van der Waals surface area contributed by atoms with Crippen molar-refractivity contribution in [3.63, 3.8) is 0 Å². The number of benzene rings is 1. The number of amides is 3. The maximum atomic E-state index is 15.1. The van der Waals surface area contributed by atoms with Crippen LogP contribution in [-0.2, 0) is 14.4 Å². The molecule has 35 heavy (non-hydrogen) atoms. The minimum atomic E-state index is -0.545. The third kappa shape index (κ3) is 6.38. The third-order valence-corrected chi connectivity index (χ3v) is 6.44. The number of carbonyl (C=O) groups excluding carboxylic acids is 3. The van der Waals surface area contributed by atoms with Gasteiger partial charge in [0.2, 0.25) is 0 Å². The van der Waals surface area contributed by atoms with Crippen LogP contribution in [0.5, 0.6) is 0 Å². The van der Waals surface area contributed by atoms with Crippen LogP contribution in [0, 0.1) is 5.82 Å². The topological polar surface area (TPSA) is 97.9 Å². The zero-order valence-corrected chi connectivity index (χ0v) is 20.2. The smallest absolute Gasteiger partial charge is 0.414 e. The summed E-state index contributed by atoms with van der Waals surface area (Å²) >= 11 is 0. The first-order valence-electron chi connectivity index (χ1n) is 12.0. The number of nitrogens with one attached hydrogen (secondary N) is 1. The van der Waals surface area contributed by atoms with E-state index in [1.54, 1.807) is 12.1 Å². The Labute approximate surface area is 204 Å². The molecule has 12 heteroatoms. The molecule has 0 radical (unpaired) electrons. The lowest BCUT2D eigenvalue weighted by atomic mass is 10.1. The van der Waals surface area contributed by atoms with Crippen LogP contribution in [0.1, 0.15) is 19.8 Å². The van der Waals surface area contributed by atoms with Crippen LogP contribution < -0.4 is 15.2 Å². The molecule has 1 aromatic carbocycles. The molecule has 3 aliphatic heterocycles. The molecule has 1 atom stereocenters. The van der Waals surface area contributed by atoms with E-state index in [2.05, 4.69) is 10.3 Å². The van der Waals surface area contributed by atoms with Crippen LogP contribution >= 0.6 is 0 Å². The number of urea groups is 1. The minimum absolute atomic E-state index is 0.0340. The standard InChI is InChI=1S/C23H33FN6O5/c1-17(31)3-5-19-16-29(23(33)35-19)18-4-6-21(20(24)15-18)27-9-12-30(34-14-13-27)22(32)25-28-10-7-26(2)8-11-28/h4,6,15,19H,3,5,7-14,16H2,1-2H3,(H,25,32)/t19-/m0/s1. The highest BCUT2D eigenvalue weighted by Gasteiger charge is 2.33. The van der Waals surface area contributed by atoms with Crippen LogP contribution in [0.25, 0.3) is 0 Å². The first kappa shape index (κ1) is 25.1. The van der Waals surface area contributed by atoms with Gasteiger partial charge in [-0.15, -0.1) is 0 Å². The van der Waals surface area contributed by atoms with Gasteiger partial charge in [0.15, 0.2) is 0 Å². The number of halogens is 1. The Hall–Kier alpha value is -2.96. The number of ether oxygens (including phenoxy) is 1. The second-order valence-electron chi connectivity index (χ2n) is 9.12. The van der Waals surface area contributed by atoms with E-state index in [1.165, 1.54) is 23.0 Å². The molecular weight excluding hydrogens is 459 g/mol. The molecule has 0 aromatic heterocycles. The number of likely N-dealkylation sites (N-methyl/N-ethyl adjacent to an activating group) is 1. The van der Waals surface area contributed by atoms with E-state index in [-0.39, 0.29) is 37.6 Å². The van der Waals surface area contributed by atoms with Crippen molar-refractivity contribution in [1.29, 1.82) is 0 Å². The molecular formula is C23H33FN6O5. The van der Waals surface area contributed by atoms with Gasteiger partial charge in [-0.3, -0.25) is 15.2 Å². The lowest BCUT2D eigenvalue weighted by Gasteiger charge is -2.33. The van der Waals surface area contributed by atoms with E-state index in [4.69, 9.17) is 9.57 Å². The number of carbonyl (C=O) groups is 3. The van der Waals surface area contributed by atoms with Gasteiger partial charge in [0.25, 0.3) is 0 Å². The van der Waals surface area contributed by atoms with Gasteiger partial charge < -0.3 is 19.3 Å². The summed E-state index contributed by atoms with van der Waals surface area (Å²) in [6, 6.07) is 4.28. The fourth-order valence-corrected chi connectivity index (χ4v) is 4.33. The van der Waals surface area contributed by atoms with Gasteiger partial charge in [-0.2, -0.15) is 0 Å². The molecule has 0 spiro atoms. The third-order valence-electron chi connectivity index (χ3n) is 6.44. The number of nitrogens with zero attached hydrogens (tertiary/aromatic N) is 5. The molecule has 192 valence electrons. The maximum absolute atomic E-state index is 15.1. The van der Waals surface area contributed by atoms with E-state index in [9.17, 15) is 14.4 Å². The molecule has 1 N–H and O–H groups in total. The minimum Gasteiger partial charge on any atom is -0.444 e. The number of piperazine rings is 1. The molecule has 3 saturated heterocycles. The van der Waals surface area contributed by atoms with E-state index in [1.807, 2.05) is 17.0 Å². The number of hydroxylamine groups is 2. The lowest BCUT2D eigenvalue weighted by molar-refractivity contribution is -0.117. The SMILES string of the molecule is CC(=O)CC[C@H]1CN(c2ccc(N3CCON(C(=O)NN4CCN(C)CC4)CC3)c(F)c2)C(=O)O1. The first-order chi connectivity index (χ1) is 16.8. The second kappa shape index (κ2) is 11.2. The molecule has 0 bridgehead atoms. The summed E-state index contributed by atoms with van der Waals surface area (Å²) in [6.07, 6.45) is -0.151. The monoisotopic (exact) mass is 492 g/mol. The van der Waals surface area contributed by atoms with Gasteiger partial charge in [-0.05, 0) is 38.6 Å². The molecule has 0 saturated carbocycles. The number of hydrazine groups is 1. The summed E-state index contributed by atoms with van der Waals surface area (Å²) in [7, 11) is 2.04. The van der Waals surface area contributed by atoms with Crippen molar-refractivity contribution < 1.29 is 28.3 Å². The molecule has 4 rings (SSSR count). The summed E-state index contributed by atoms with van der Waals surface area (Å²) in [5.41, 5.74) is 3.65. The summed E-state index contributed by atoms with van der Waals surface area (Å²) in [5, 5.41) is 3.16. The molecule has 0 aliphatic carbocycles. The summed E-state index contributed by atoms with van der Waals surface area (Å²) in [5.74, 6) is -0.440. The van der Waals surface area contributed by atoms with Crippen LogP contribution in [0.4, 0.5) is 25.4 Å². The van der Waals surface area contributed by atoms with Crippen LogP contribution in [0.15, 0.2) is 18.2 Å². The molecule has 1 aromatic rings. The average molecular weight is 493 g/mol. The highest BCUT2D eigenvalue weighted by molar-refractivity contribution is 5.90. The first-order valence-corrected chi connectivity index (χ1v) is 12.0. The number of Topliss-reactive ketones (excluding diaryl/α,β-unsaturated/α-hetero) is 1. The van der Waals surface area contributed by atoms with Crippen LogP contribution in [0.3, 0.4) is 0 Å². The van der Waals surface area contributed by atoms with Crippen molar-refractivity contribution in [2.24, 2.45) is 0 Å². The molecule has 3 fully saturated rings. The van der Waals surface area contributed by atoms with Crippen LogP contribution in [0.2, 0.25) is 0 Å². The Morgan fingerprint density at radius 1 is 1.11 bits per heavy atom. The maximum Gasteiger partial charge on any atom is 0.414 e. The quantitative estimate of drug-likeness (QED) is 0.637. The van der Waals surface area contributed by atoms with Crippen molar-refractivity contribution in [1.82, 2.24) is 20.4 Å². The predicted octanol–water partition coefficient (Wildman–Crippen LogP) is 1.45. The molecule has 3 amide bonds. The summed E-state index contributed by atoms with van der Waals surface area (Å²) < 4.78 is 20.4. The second-order valence-corrected chi connectivity index (χ2v) is 9.12. The summed E-state index contributed by atoms with van der Waals surface area (Å²) in [4.78, 5) is 47.1. The van der Waals surface area contributed by atoms with Crippen molar-refractivity contribution in [3.8, 4) is 0 Å². The van der Waals surface area contributed by atoms with Gasteiger partial charge >= 0.3 is 12.1 Å². The Balaban J connectivity index is 1.33. The molecule has 3 heterocycles. The highest BCUT2D eigenvalue weighted by Crippen LogP contribution is 2.29. The van der Waals surface area contributed by atoms with E-state index >= 15 is 4.39 Å². The Morgan fingerprint density at radius 3 is 2.60 bits per heavy atom. The van der Waals surface area contributed by atoms with Crippen LogP contribution in [-0.4, -0.2) is 105 Å². The zero-order chi connectivity index (χ0) is 24.9. The normalized spacial score (nSPS) is 22.2. The Kier molecular flexibility index (Phi) is 8.04. The fraction of sp³-hybridized carbons (Fsp3) is 0.609. The van der Waals surface area contributed by atoms with Crippen molar-refractivity contribution in [2.75, 3.05) is 75.8 Å². The molecule has 3 aliphatic rings. The van der Waals surface area contributed by atoms with Gasteiger partial charge in [0.1, 0.15) is 17.7 Å². The number of ketones is 1. The Morgan fingerprint density at radius 2 is 1.89 bits per heavy atom. The van der Waals surface area contributed by atoms with Crippen molar-refractivity contribution >= 4 is 29.3 Å². The summed E-state index contributed by atoms with van der Waals surface area (Å²) in [6.45, 7) is 6.30. The number of rotatable bonds is 6. The van der Waals surface area contributed by atoms with Gasteiger partial charge in [-0.25, -0.2) is 24.1 Å². The largest absolute Gasteiger partial charge is 0.444 e. The van der Waals surface area contributed by atoms with E-state index in [0.717, 1.165) is 26.2 Å². The van der Waals surface area contributed by atoms with Gasteiger partial charge in [-0.1, -0.05) is 0 Å². The van der Waals surface area contributed by atoms with Gasteiger partial charge in [0.05, 0.1) is 31.1 Å². The van der Waals surface area contributed by atoms with E-state index < -0.39 is 11.9 Å². The fourth-order valence-electron chi connectivity index (χ4n) is 4.33. The number of hydrogen-bond donors (Lipinski definition) is 1. The number of cyclic esters (lactones) is 1. The van der Waals surface area contributed by atoms with Crippen molar-refractivity contribution in [3.05, 3.63) is 24.0 Å². The van der Waals surface area contributed by atoms with Crippen molar-refractivity contribution in [2.45, 2.75) is 25.9 Å². The average Bonchev–Trinajstić information content (AvgIpc) is 3.03. The molecule has 0 unspecified atom stereocenters. The lowest BCUT2D eigenvalue weighted by Crippen LogP contribution is -2.55. The van der Waals surface area contributed by atoms with E-state index in [0.29, 0.717) is 37.3 Å². The predicted molar refractivity (Wildman–Crippen MR) is 126 cm³/mol. The highest BCUT2D eigenvalue weighted by atomic mass is 19.1. The van der Waals surface area contributed by atoms with Gasteiger partial charge in [0, 0.05) is 45.7 Å². The number of anilines is 2. The number of hydrogen-bond acceptors (Lipinski definition) is 8. The Bertz CT molecular complexity index is 941.